The van der Waals surface area contributed by atoms with Crippen molar-refractivity contribution in [3.8, 4) is 0 Å². The Morgan fingerprint density at radius 2 is 2.04 bits per heavy atom. The Labute approximate surface area is 142 Å². The lowest BCUT2D eigenvalue weighted by Gasteiger charge is -2.58. The van der Waals surface area contributed by atoms with Gasteiger partial charge in [-0.15, -0.1) is 10.2 Å². The van der Waals surface area contributed by atoms with Crippen LogP contribution in [-0.2, 0) is 9.47 Å². The van der Waals surface area contributed by atoms with E-state index >= 15 is 0 Å². The molecule has 0 amide bonds. The summed E-state index contributed by atoms with van der Waals surface area (Å²) >= 11 is 0. The summed E-state index contributed by atoms with van der Waals surface area (Å²) in [5, 5.41) is 8.29. The van der Waals surface area contributed by atoms with Crippen LogP contribution >= 0.6 is 0 Å². The highest BCUT2D eigenvalue weighted by Crippen LogP contribution is 2.53. The Morgan fingerprint density at radius 3 is 2.75 bits per heavy atom. The first kappa shape index (κ1) is 15.8. The number of carbonyl (C=O) groups excluding carboxylic acids is 1. The van der Waals surface area contributed by atoms with E-state index in [1.807, 2.05) is 6.07 Å². The van der Waals surface area contributed by atoms with Gasteiger partial charge in [0.2, 0.25) is 0 Å². The molecule has 24 heavy (non-hydrogen) atoms. The summed E-state index contributed by atoms with van der Waals surface area (Å²) in [6.45, 7) is 7.06. The maximum Gasteiger partial charge on any atom is 0.359 e. The van der Waals surface area contributed by atoms with Crippen LogP contribution < -0.4 is 4.90 Å². The van der Waals surface area contributed by atoms with E-state index in [2.05, 4.69) is 28.9 Å². The maximum absolute atomic E-state index is 12.5. The highest BCUT2D eigenvalue weighted by molar-refractivity contribution is 5.87. The average molecular weight is 331 g/mol. The molecule has 0 N–H and O–H groups in total. The van der Waals surface area contributed by atoms with Gasteiger partial charge in [0.15, 0.2) is 11.5 Å². The van der Waals surface area contributed by atoms with Gasteiger partial charge in [-0.05, 0) is 37.8 Å². The molecule has 3 aliphatic rings. The SMILES string of the molecule is CC1(C)[C@@H]2OCCC[C@@H]2[C@H]1OC(=O)c1ccc(N2CCCC2)nn1. The molecule has 1 saturated carbocycles. The summed E-state index contributed by atoms with van der Waals surface area (Å²) in [4.78, 5) is 14.7. The zero-order chi connectivity index (χ0) is 16.7. The molecule has 1 aromatic rings. The van der Waals surface area contributed by atoms with Gasteiger partial charge in [-0.1, -0.05) is 13.8 Å². The molecule has 2 saturated heterocycles. The minimum absolute atomic E-state index is 0.102. The molecule has 2 aliphatic heterocycles. The summed E-state index contributed by atoms with van der Waals surface area (Å²) in [5.74, 6) is 0.779. The average Bonchev–Trinajstić information content (AvgIpc) is 3.14. The van der Waals surface area contributed by atoms with Crippen molar-refractivity contribution in [2.45, 2.75) is 51.7 Å². The fraction of sp³-hybridized carbons (Fsp3) is 0.722. The van der Waals surface area contributed by atoms with Crippen LogP contribution in [-0.4, -0.2) is 48.1 Å². The number of anilines is 1. The number of aromatic nitrogens is 2. The molecule has 0 radical (unpaired) electrons. The van der Waals surface area contributed by atoms with Crippen molar-refractivity contribution in [2.24, 2.45) is 11.3 Å². The van der Waals surface area contributed by atoms with Crippen LogP contribution in [0.4, 0.5) is 5.82 Å². The van der Waals surface area contributed by atoms with E-state index in [4.69, 9.17) is 9.47 Å². The van der Waals surface area contributed by atoms with Gasteiger partial charge in [-0.3, -0.25) is 0 Å². The Bertz CT molecular complexity index is 610. The van der Waals surface area contributed by atoms with Crippen LogP contribution in [0.3, 0.4) is 0 Å². The third kappa shape index (κ3) is 2.57. The lowest BCUT2D eigenvalue weighted by molar-refractivity contribution is -0.243. The van der Waals surface area contributed by atoms with Crippen LogP contribution in [0, 0.1) is 11.3 Å². The van der Waals surface area contributed by atoms with Crippen LogP contribution in [0.2, 0.25) is 0 Å². The third-order valence-corrected chi connectivity index (χ3v) is 5.75. The summed E-state index contributed by atoms with van der Waals surface area (Å²) in [7, 11) is 0. The van der Waals surface area contributed by atoms with Crippen LogP contribution in [0.1, 0.15) is 50.0 Å². The molecule has 0 aromatic carbocycles. The van der Waals surface area contributed by atoms with E-state index in [0.717, 1.165) is 38.4 Å². The lowest BCUT2D eigenvalue weighted by Crippen LogP contribution is -2.65. The zero-order valence-electron chi connectivity index (χ0n) is 14.4. The second kappa shape index (κ2) is 5.99. The predicted octanol–water partition coefficient (Wildman–Crippen LogP) is 2.44. The minimum Gasteiger partial charge on any atom is -0.457 e. The fourth-order valence-electron chi connectivity index (χ4n) is 4.44. The van der Waals surface area contributed by atoms with Crippen molar-refractivity contribution >= 4 is 11.8 Å². The Hall–Kier alpha value is -1.69. The monoisotopic (exact) mass is 331 g/mol. The van der Waals surface area contributed by atoms with Crippen LogP contribution in [0.5, 0.6) is 0 Å². The standard InChI is InChI=1S/C18H25N3O3/c1-18(2)15-12(6-5-11-23-15)16(18)24-17(22)13-7-8-14(20-19-13)21-9-3-4-10-21/h7-8,12,15-16H,3-6,9-11H2,1-2H3/t12-,15+,16+/m0/s1. The van der Waals surface area contributed by atoms with E-state index in [9.17, 15) is 4.79 Å². The first-order chi connectivity index (χ1) is 11.6. The summed E-state index contributed by atoms with van der Waals surface area (Å²) in [6, 6.07) is 3.59. The molecular formula is C18H25N3O3. The van der Waals surface area contributed by atoms with Gasteiger partial charge in [0.05, 0.1) is 6.10 Å². The van der Waals surface area contributed by atoms with Gasteiger partial charge >= 0.3 is 5.97 Å². The molecule has 1 aliphatic carbocycles. The Balaban J connectivity index is 1.42. The number of carbonyl (C=O) groups is 1. The van der Waals surface area contributed by atoms with Crippen molar-refractivity contribution in [1.29, 1.82) is 0 Å². The molecule has 130 valence electrons. The molecule has 4 rings (SSSR count). The largest absolute Gasteiger partial charge is 0.457 e. The summed E-state index contributed by atoms with van der Waals surface area (Å²) in [5.41, 5.74) is 0.151. The molecule has 0 unspecified atom stereocenters. The van der Waals surface area contributed by atoms with Gasteiger partial charge in [-0.2, -0.15) is 0 Å². The molecule has 6 heteroatoms. The van der Waals surface area contributed by atoms with E-state index in [-0.39, 0.29) is 29.3 Å². The maximum atomic E-state index is 12.5. The second-order valence-electron chi connectivity index (χ2n) is 7.72. The van der Waals surface area contributed by atoms with Crippen molar-refractivity contribution in [2.75, 3.05) is 24.6 Å². The van der Waals surface area contributed by atoms with E-state index in [1.165, 1.54) is 12.8 Å². The van der Waals surface area contributed by atoms with Gasteiger partial charge in [0.1, 0.15) is 6.10 Å². The third-order valence-electron chi connectivity index (χ3n) is 5.75. The zero-order valence-corrected chi connectivity index (χ0v) is 14.4. The number of fused-ring (bicyclic) bond motifs is 1. The molecule has 3 heterocycles. The first-order valence-corrected chi connectivity index (χ1v) is 8.98. The number of nitrogens with zero attached hydrogens (tertiary/aromatic N) is 3. The predicted molar refractivity (Wildman–Crippen MR) is 88.9 cm³/mol. The van der Waals surface area contributed by atoms with E-state index in [1.54, 1.807) is 6.07 Å². The smallest absolute Gasteiger partial charge is 0.359 e. The van der Waals surface area contributed by atoms with Crippen molar-refractivity contribution in [1.82, 2.24) is 10.2 Å². The highest BCUT2D eigenvalue weighted by Gasteiger charge is 2.60. The van der Waals surface area contributed by atoms with Crippen molar-refractivity contribution < 1.29 is 14.3 Å². The quantitative estimate of drug-likeness (QED) is 0.793. The van der Waals surface area contributed by atoms with E-state index < -0.39 is 0 Å². The molecule has 6 nitrogen and oxygen atoms in total. The molecule has 3 atom stereocenters. The van der Waals surface area contributed by atoms with Gasteiger partial charge in [0, 0.05) is 31.0 Å². The lowest BCUT2D eigenvalue weighted by atomic mass is 9.57. The summed E-state index contributed by atoms with van der Waals surface area (Å²) in [6.07, 6.45) is 4.57. The normalized spacial score (nSPS) is 31.2. The van der Waals surface area contributed by atoms with E-state index in [0.29, 0.717) is 5.92 Å². The fourth-order valence-corrected chi connectivity index (χ4v) is 4.44. The van der Waals surface area contributed by atoms with Gasteiger partial charge in [0.25, 0.3) is 0 Å². The molecular weight excluding hydrogens is 306 g/mol. The van der Waals surface area contributed by atoms with Gasteiger partial charge < -0.3 is 14.4 Å². The molecule has 1 aromatic heterocycles. The number of hydrogen-bond donors (Lipinski definition) is 0. The molecule has 0 bridgehead atoms. The number of ether oxygens (including phenoxy) is 2. The molecule has 3 fully saturated rings. The molecule has 0 spiro atoms. The topological polar surface area (TPSA) is 64.6 Å². The van der Waals surface area contributed by atoms with Crippen LogP contribution in [0.25, 0.3) is 0 Å². The summed E-state index contributed by atoms with van der Waals surface area (Å²) < 4.78 is 11.6. The van der Waals surface area contributed by atoms with Gasteiger partial charge in [-0.25, -0.2) is 4.79 Å². The Kier molecular flexibility index (Phi) is 3.95. The Morgan fingerprint density at radius 1 is 1.25 bits per heavy atom. The first-order valence-electron chi connectivity index (χ1n) is 8.98. The van der Waals surface area contributed by atoms with Crippen molar-refractivity contribution in [3.63, 3.8) is 0 Å². The second-order valence-corrected chi connectivity index (χ2v) is 7.72. The minimum atomic E-state index is -0.377. The number of rotatable bonds is 3. The van der Waals surface area contributed by atoms with Crippen LogP contribution in [0.15, 0.2) is 12.1 Å². The highest BCUT2D eigenvalue weighted by atomic mass is 16.6. The van der Waals surface area contributed by atoms with Crippen molar-refractivity contribution in [3.05, 3.63) is 17.8 Å². The number of esters is 1. The number of hydrogen-bond acceptors (Lipinski definition) is 6.